The maximum absolute atomic E-state index is 9.10. The predicted molar refractivity (Wildman–Crippen MR) is 74.4 cm³/mol. The highest BCUT2D eigenvalue weighted by molar-refractivity contribution is 5.01. The van der Waals surface area contributed by atoms with Crippen molar-refractivity contribution in [1.82, 2.24) is 5.32 Å². The van der Waals surface area contributed by atoms with Crippen LogP contribution in [0.1, 0.15) is 32.6 Å². The molecule has 0 aromatic rings. The molecule has 19 heavy (non-hydrogen) atoms. The van der Waals surface area contributed by atoms with Gasteiger partial charge in [0.25, 0.3) is 0 Å². The molecule has 2 N–H and O–H groups in total. The first-order valence-electron chi connectivity index (χ1n) is 7.42. The summed E-state index contributed by atoms with van der Waals surface area (Å²) < 4.78 is 16.2. The number of ether oxygens (including phenoxy) is 3. The van der Waals surface area contributed by atoms with Gasteiger partial charge in [0.15, 0.2) is 0 Å². The Hall–Kier alpha value is -0.200. The normalized spacial score (nSPS) is 16.7. The van der Waals surface area contributed by atoms with Crippen LogP contribution in [0.15, 0.2) is 0 Å². The maximum atomic E-state index is 9.10. The van der Waals surface area contributed by atoms with E-state index >= 15 is 0 Å². The van der Waals surface area contributed by atoms with Gasteiger partial charge >= 0.3 is 0 Å². The summed E-state index contributed by atoms with van der Waals surface area (Å²) in [6.07, 6.45) is 4.43. The lowest BCUT2D eigenvalue weighted by Crippen LogP contribution is -2.37. The average Bonchev–Trinajstić information content (AvgIpc) is 3.21. The number of aliphatic hydroxyl groups is 1. The van der Waals surface area contributed by atoms with E-state index in [1.807, 2.05) is 0 Å². The van der Waals surface area contributed by atoms with Gasteiger partial charge in [0.1, 0.15) is 0 Å². The van der Waals surface area contributed by atoms with Crippen molar-refractivity contribution in [2.24, 2.45) is 0 Å². The van der Waals surface area contributed by atoms with Crippen molar-refractivity contribution in [3.05, 3.63) is 0 Å². The first-order valence-corrected chi connectivity index (χ1v) is 7.42. The molecule has 0 aromatic heterocycles. The molecule has 1 aliphatic carbocycles. The van der Waals surface area contributed by atoms with Crippen LogP contribution in [-0.2, 0) is 14.2 Å². The fraction of sp³-hybridized carbons (Fsp3) is 1.00. The Balaban J connectivity index is 1.70. The van der Waals surface area contributed by atoms with Crippen molar-refractivity contribution in [2.75, 3.05) is 52.8 Å². The van der Waals surface area contributed by atoms with Crippen LogP contribution in [0.4, 0.5) is 0 Å². The number of unbranched alkanes of at least 4 members (excludes halogenated alkanes) is 1. The molecule has 0 atom stereocenters. The molecule has 0 saturated heterocycles. The fourth-order valence-corrected chi connectivity index (χ4v) is 1.72. The van der Waals surface area contributed by atoms with Gasteiger partial charge in [-0.25, -0.2) is 0 Å². The number of hydrogen-bond acceptors (Lipinski definition) is 5. The highest BCUT2D eigenvalue weighted by atomic mass is 16.5. The molecule has 1 saturated carbocycles. The molecule has 0 heterocycles. The molecule has 0 aromatic carbocycles. The van der Waals surface area contributed by atoms with Crippen LogP contribution in [-0.4, -0.2) is 63.4 Å². The molecule has 1 rings (SSSR count). The summed E-state index contributed by atoms with van der Waals surface area (Å²) in [6, 6.07) is 0. The van der Waals surface area contributed by atoms with Crippen LogP contribution < -0.4 is 5.32 Å². The molecule has 0 amide bonds. The van der Waals surface area contributed by atoms with Gasteiger partial charge in [-0.1, -0.05) is 13.3 Å². The predicted octanol–water partition coefficient (Wildman–Crippen LogP) is 0.951. The van der Waals surface area contributed by atoms with Gasteiger partial charge in [-0.15, -0.1) is 0 Å². The third-order valence-corrected chi connectivity index (χ3v) is 3.29. The number of aliphatic hydroxyl groups excluding tert-OH is 1. The van der Waals surface area contributed by atoms with Gasteiger partial charge in [0, 0.05) is 18.7 Å². The van der Waals surface area contributed by atoms with Gasteiger partial charge < -0.3 is 24.6 Å². The second kappa shape index (κ2) is 10.6. The van der Waals surface area contributed by atoms with Crippen LogP contribution in [0, 0.1) is 0 Å². The van der Waals surface area contributed by atoms with Gasteiger partial charge in [-0.05, 0) is 19.3 Å². The summed E-state index contributed by atoms with van der Waals surface area (Å²) in [4.78, 5) is 0. The molecule has 0 bridgehead atoms. The summed E-state index contributed by atoms with van der Waals surface area (Å²) >= 11 is 0. The zero-order chi connectivity index (χ0) is 13.8. The Labute approximate surface area is 116 Å². The Morgan fingerprint density at radius 3 is 2.05 bits per heavy atom. The van der Waals surface area contributed by atoms with E-state index in [9.17, 15) is 0 Å². The molecule has 0 aliphatic heterocycles. The Morgan fingerprint density at radius 2 is 1.53 bits per heavy atom. The van der Waals surface area contributed by atoms with E-state index in [1.165, 1.54) is 6.42 Å². The van der Waals surface area contributed by atoms with E-state index in [0.717, 1.165) is 32.4 Å². The largest absolute Gasteiger partial charge is 0.394 e. The van der Waals surface area contributed by atoms with Crippen molar-refractivity contribution in [3.63, 3.8) is 0 Å². The lowest BCUT2D eigenvalue weighted by molar-refractivity contribution is 0.0140. The SMILES string of the molecule is CCCCOCCOCCOCCNC1(CO)CC1. The second-order valence-corrected chi connectivity index (χ2v) is 5.06. The highest BCUT2D eigenvalue weighted by Gasteiger charge is 2.41. The summed E-state index contributed by atoms with van der Waals surface area (Å²) in [5.74, 6) is 0. The smallest absolute Gasteiger partial charge is 0.0701 e. The van der Waals surface area contributed by atoms with Crippen LogP contribution in [0.25, 0.3) is 0 Å². The van der Waals surface area contributed by atoms with Gasteiger partial charge in [0.2, 0.25) is 0 Å². The molecule has 5 heteroatoms. The van der Waals surface area contributed by atoms with Crippen molar-refractivity contribution in [1.29, 1.82) is 0 Å². The summed E-state index contributed by atoms with van der Waals surface area (Å²) in [7, 11) is 0. The van der Waals surface area contributed by atoms with Crippen molar-refractivity contribution in [3.8, 4) is 0 Å². The van der Waals surface area contributed by atoms with E-state index in [1.54, 1.807) is 0 Å². The monoisotopic (exact) mass is 275 g/mol. The van der Waals surface area contributed by atoms with Crippen molar-refractivity contribution < 1.29 is 19.3 Å². The minimum absolute atomic E-state index is 0.00961. The molecule has 5 nitrogen and oxygen atoms in total. The minimum Gasteiger partial charge on any atom is -0.394 e. The maximum Gasteiger partial charge on any atom is 0.0701 e. The standard InChI is InChI=1S/C14H29NO4/c1-2-3-7-17-9-11-19-12-10-18-8-6-15-14(13-16)4-5-14/h15-16H,2-13H2,1H3. The molecular formula is C14H29NO4. The molecule has 0 spiro atoms. The van der Waals surface area contributed by atoms with Crippen LogP contribution in [0.3, 0.4) is 0 Å². The fourth-order valence-electron chi connectivity index (χ4n) is 1.72. The summed E-state index contributed by atoms with van der Waals surface area (Å²) in [5, 5.41) is 12.4. The van der Waals surface area contributed by atoms with Crippen LogP contribution in [0.5, 0.6) is 0 Å². The van der Waals surface area contributed by atoms with Crippen LogP contribution in [0.2, 0.25) is 0 Å². The lowest BCUT2D eigenvalue weighted by Gasteiger charge is -2.14. The van der Waals surface area contributed by atoms with Crippen LogP contribution >= 0.6 is 0 Å². The van der Waals surface area contributed by atoms with Crippen molar-refractivity contribution in [2.45, 2.75) is 38.1 Å². The van der Waals surface area contributed by atoms with Gasteiger partial charge in [-0.2, -0.15) is 0 Å². The summed E-state index contributed by atoms with van der Waals surface area (Å²) in [5.41, 5.74) is 0.00961. The zero-order valence-corrected chi connectivity index (χ0v) is 12.2. The van der Waals surface area contributed by atoms with Gasteiger partial charge in [0.05, 0.1) is 39.6 Å². The number of rotatable bonds is 14. The van der Waals surface area contributed by atoms with Crippen molar-refractivity contribution >= 4 is 0 Å². The highest BCUT2D eigenvalue weighted by Crippen LogP contribution is 2.34. The van der Waals surface area contributed by atoms with Gasteiger partial charge in [-0.3, -0.25) is 0 Å². The lowest BCUT2D eigenvalue weighted by atomic mass is 10.3. The topological polar surface area (TPSA) is 60.0 Å². The molecule has 1 fully saturated rings. The minimum atomic E-state index is 0.00961. The van der Waals surface area contributed by atoms with E-state index in [2.05, 4.69) is 12.2 Å². The Morgan fingerprint density at radius 1 is 0.947 bits per heavy atom. The number of hydrogen-bond donors (Lipinski definition) is 2. The molecular weight excluding hydrogens is 246 g/mol. The molecule has 0 radical (unpaired) electrons. The summed E-state index contributed by atoms with van der Waals surface area (Å²) in [6.45, 7) is 7.20. The first-order chi connectivity index (χ1) is 9.33. The molecule has 114 valence electrons. The Kier molecular flexibility index (Phi) is 9.38. The van der Waals surface area contributed by atoms with E-state index in [0.29, 0.717) is 33.0 Å². The van der Waals surface area contributed by atoms with E-state index < -0.39 is 0 Å². The second-order valence-electron chi connectivity index (χ2n) is 5.06. The molecule has 0 unspecified atom stereocenters. The average molecular weight is 275 g/mol. The van der Waals surface area contributed by atoms with E-state index in [-0.39, 0.29) is 12.1 Å². The quantitative estimate of drug-likeness (QED) is 0.462. The third kappa shape index (κ3) is 8.55. The molecule has 1 aliphatic rings. The first kappa shape index (κ1) is 16.9. The van der Waals surface area contributed by atoms with E-state index in [4.69, 9.17) is 19.3 Å². The number of nitrogens with one attached hydrogen (secondary N) is 1. The Bertz CT molecular complexity index is 210. The zero-order valence-electron chi connectivity index (χ0n) is 12.2. The third-order valence-electron chi connectivity index (χ3n) is 3.29.